The summed E-state index contributed by atoms with van der Waals surface area (Å²) in [5.41, 5.74) is 1.19. The third-order valence-corrected chi connectivity index (χ3v) is 4.62. The van der Waals surface area contributed by atoms with Crippen molar-refractivity contribution in [1.29, 1.82) is 0 Å². The maximum absolute atomic E-state index is 5.41. The molecule has 2 rings (SSSR count). The molecule has 1 atom stereocenters. The number of furan rings is 1. The second-order valence-electron chi connectivity index (χ2n) is 4.05. The Kier molecular flexibility index (Phi) is 4.07. The normalized spacial score (nSPS) is 12.9. The lowest BCUT2D eigenvalue weighted by Gasteiger charge is -2.15. The molecule has 0 aliphatic heterocycles. The van der Waals surface area contributed by atoms with Gasteiger partial charge in [0.2, 0.25) is 0 Å². The average Bonchev–Trinajstić information content (AvgIpc) is 2.82. The highest BCUT2D eigenvalue weighted by Gasteiger charge is 2.19. The highest BCUT2D eigenvalue weighted by atomic mass is 79.9. The number of aryl methyl sites for hydroxylation is 2. The van der Waals surface area contributed by atoms with Crippen LogP contribution < -0.4 is 5.32 Å². The van der Waals surface area contributed by atoms with Crippen LogP contribution in [0, 0.1) is 13.8 Å². The number of nitrogens with one attached hydrogen (secondary N) is 1. The molecule has 2 nitrogen and oxygen atoms in total. The van der Waals surface area contributed by atoms with Crippen molar-refractivity contribution in [3.05, 3.63) is 43.9 Å². The summed E-state index contributed by atoms with van der Waals surface area (Å²) in [6, 6.07) is 4.47. The standard InChI is InChI=1S/C13H16BrNOS/c1-4-15-12(10-5-8(2)16-7-10)13-11(14)6-9(3)17-13/h5-7,12,15H,4H2,1-3H3. The van der Waals surface area contributed by atoms with Gasteiger partial charge in [-0.05, 0) is 48.5 Å². The van der Waals surface area contributed by atoms with Crippen LogP contribution in [0.25, 0.3) is 0 Å². The SMILES string of the molecule is CCNC(c1coc(C)c1)c1sc(C)cc1Br. The summed E-state index contributed by atoms with van der Waals surface area (Å²) < 4.78 is 6.58. The van der Waals surface area contributed by atoms with Gasteiger partial charge in [0.15, 0.2) is 0 Å². The van der Waals surface area contributed by atoms with Crippen LogP contribution in [-0.2, 0) is 0 Å². The van der Waals surface area contributed by atoms with Crippen molar-refractivity contribution in [3.63, 3.8) is 0 Å². The second-order valence-corrected chi connectivity index (χ2v) is 6.19. The van der Waals surface area contributed by atoms with Crippen molar-refractivity contribution in [2.75, 3.05) is 6.54 Å². The molecular formula is C13H16BrNOS. The van der Waals surface area contributed by atoms with Crippen molar-refractivity contribution >= 4 is 27.3 Å². The molecule has 92 valence electrons. The number of rotatable bonds is 4. The van der Waals surface area contributed by atoms with Gasteiger partial charge in [-0.1, -0.05) is 6.92 Å². The monoisotopic (exact) mass is 313 g/mol. The molecule has 0 saturated heterocycles. The molecule has 0 aromatic carbocycles. The average molecular weight is 314 g/mol. The van der Waals surface area contributed by atoms with Gasteiger partial charge in [-0.2, -0.15) is 0 Å². The van der Waals surface area contributed by atoms with Gasteiger partial charge in [0.25, 0.3) is 0 Å². The van der Waals surface area contributed by atoms with Gasteiger partial charge < -0.3 is 9.73 Å². The van der Waals surface area contributed by atoms with E-state index in [1.165, 1.54) is 19.8 Å². The fraction of sp³-hybridized carbons (Fsp3) is 0.385. The van der Waals surface area contributed by atoms with E-state index in [0.29, 0.717) is 0 Å². The Balaban J connectivity index is 2.38. The van der Waals surface area contributed by atoms with Crippen molar-refractivity contribution in [1.82, 2.24) is 5.32 Å². The molecule has 2 aromatic heterocycles. The van der Waals surface area contributed by atoms with Gasteiger partial charge in [-0.3, -0.25) is 0 Å². The fourth-order valence-electron chi connectivity index (χ4n) is 1.88. The number of thiophene rings is 1. The summed E-state index contributed by atoms with van der Waals surface area (Å²) in [6.07, 6.45) is 1.84. The maximum atomic E-state index is 5.41. The third kappa shape index (κ3) is 2.81. The zero-order valence-electron chi connectivity index (χ0n) is 10.2. The van der Waals surface area contributed by atoms with Crippen LogP contribution >= 0.6 is 27.3 Å². The summed E-state index contributed by atoms with van der Waals surface area (Å²) in [7, 11) is 0. The molecule has 4 heteroatoms. The molecule has 1 unspecified atom stereocenters. The van der Waals surface area contributed by atoms with Gasteiger partial charge >= 0.3 is 0 Å². The largest absolute Gasteiger partial charge is 0.469 e. The highest BCUT2D eigenvalue weighted by Crippen LogP contribution is 2.36. The first kappa shape index (κ1) is 12.9. The summed E-state index contributed by atoms with van der Waals surface area (Å²) in [5.74, 6) is 0.951. The van der Waals surface area contributed by atoms with E-state index in [9.17, 15) is 0 Å². The maximum Gasteiger partial charge on any atom is 0.101 e. The number of halogens is 1. The first-order chi connectivity index (χ1) is 8.11. The number of hydrogen-bond donors (Lipinski definition) is 1. The fourth-order valence-corrected chi connectivity index (χ4v) is 3.86. The molecule has 0 amide bonds. The predicted molar refractivity (Wildman–Crippen MR) is 75.7 cm³/mol. The summed E-state index contributed by atoms with van der Waals surface area (Å²) >= 11 is 5.45. The smallest absolute Gasteiger partial charge is 0.101 e. The van der Waals surface area contributed by atoms with Crippen LogP contribution in [0.2, 0.25) is 0 Å². The molecular weight excluding hydrogens is 298 g/mol. The lowest BCUT2D eigenvalue weighted by Crippen LogP contribution is -2.20. The van der Waals surface area contributed by atoms with Crippen molar-refractivity contribution in [2.45, 2.75) is 26.8 Å². The van der Waals surface area contributed by atoms with Crippen molar-refractivity contribution in [3.8, 4) is 0 Å². The first-order valence-electron chi connectivity index (χ1n) is 5.66. The van der Waals surface area contributed by atoms with E-state index in [-0.39, 0.29) is 6.04 Å². The van der Waals surface area contributed by atoms with Crippen LogP contribution in [0.4, 0.5) is 0 Å². The zero-order valence-corrected chi connectivity index (χ0v) is 12.6. The highest BCUT2D eigenvalue weighted by molar-refractivity contribution is 9.10. The lowest BCUT2D eigenvalue weighted by molar-refractivity contribution is 0.526. The van der Waals surface area contributed by atoms with Crippen LogP contribution in [-0.4, -0.2) is 6.54 Å². The first-order valence-corrected chi connectivity index (χ1v) is 7.27. The van der Waals surface area contributed by atoms with Gasteiger partial charge in [0, 0.05) is 19.8 Å². The van der Waals surface area contributed by atoms with Gasteiger partial charge in [0.05, 0.1) is 12.3 Å². The molecule has 0 saturated carbocycles. The molecule has 17 heavy (non-hydrogen) atoms. The molecule has 0 radical (unpaired) electrons. The second kappa shape index (κ2) is 5.38. The Morgan fingerprint density at radius 2 is 2.18 bits per heavy atom. The summed E-state index contributed by atoms with van der Waals surface area (Å²) in [5, 5.41) is 3.50. The van der Waals surface area contributed by atoms with E-state index in [1.54, 1.807) is 0 Å². The van der Waals surface area contributed by atoms with Crippen molar-refractivity contribution < 1.29 is 4.42 Å². The van der Waals surface area contributed by atoms with E-state index < -0.39 is 0 Å². The Morgan fingerprint density at radius 3 is 2.65 bits per heavy atom. The predicted octanol–water partition coefficient (Wildman–Crippen LogP) is 4.42. The van der Waals surface area contributed by atoms with Gasteiger partial charge in [-0.25, -0.2) is 0 Å². The van der Waals surface area contributed by atoms with E-state index in [0.717, 1.165) is 12.3 Å². The molecule has 0 bridgehead atoms. The van der Waals surface area contributed by atoms with Crippen LogP contribution in [0.3, 0.4) is 0 Å². The summed E-state index contributed by atoms with van der Waals surface area (Å²) in [6.45, 7) is 7.15. The minimum atomic E-state index is 0.213. The minimum Gasteiger partial charge on any atom is -0.469 e. The van der Waals surface area contributed by atoms with Crippen molar-refractivity contribution in [2.24, 2.45) is 0 Å². The molecule has 0 aliphatic rings. The van der Waals surface area contributed by atoms with Crippen LogP contribution in [0.15, 0.2) is 27.3 Å². The molecule has 0 spiro atoms. The molecule has 2 heterocycles. The molecule has 0 fully saturated rings. The summed E-state index contributed by atoms with van der Waals surface area (Å²) in [4.78, 5) is 2.63. The molecule has 2 aromatic rings. The third-order valence-electron chi connectivity index (χ3n) is 2.59. The Morgan fingerprint density at radius 1 is 1.41 bits per heavy atom. The van der Waals surface area contributed by atoms with E-state index in [1.807, 2.05) is 24.5 Å². The van der Waals surface area contributed by atoms with Gasteiger partial charge in [-0.15, -0.1) is 11.3 Å². The topological polar surface area (TPSA) is 25.2 Å². The molecule has 1 N–H and O–H groups in total. The van der Waals surface area contributed by atoms with Crippen LogP contribution in [0.5, 0.6) is 0 Å². The zero-order chi connectivity index (χ0) is 12.4. The van der Waals surface area contributed by atoms with Crippen LogP contribution in [0.1, 0.15) is 34.0 Å². The Hall–Kier alpha value is -0.580. The van der Waals surface area contributed by atoms with E-state index >= 15 is 0 Å². The van der Waals surface area contributed by atoms with E-state index in [2.05, 4.69) is 47.2 Å². The van der Waals surface area contributed by atoms with E-state index in [4.69, 9.17) is 4.42 Å². The lowest BCUT2D eigenvalue weighted by atomic mass is 10.1. The Bertz CT molecular complexity index is 503. The quantitative estimate of drug-likeness (QED) is 0.904. The minimum absolute atomic E-state index is 0.213. The van der Waals surface area contributed by atoms with Gasteiger partial charge in [0.1, 0.15) is 5.76 Å². The Labute approximate surface area is 114 Å². The number of hydrogen-bond acceptors (Lipinski definition) is 3. The molecule has 0 aliphatic carbocycles.